The summed E-state index contributed by atoms with van der Waals surface area (Å²) >= 11 is 0. The van der Waals surface area contributed by atoms with Crippen LogP contribution in [-0.2, 0) is 9.47 Å². The van der Waals surface area contributed by atoms with Gasteiger partial charge in [0.15, 0.2) is 6.29 Å². The highest BCUT2D eigenvalue weighted by atomic mass is 16.7. The van der Waals surface area contributed by atoms with Crippen molar-refractivity contribution < 1.29 is 9.47 Å². The lowest BCUT2D eigenvalue weighted by atomic mass is 9.89. The maximum Gasteiger partial charge on any atom is 0.155 e. The van der Waals surface area contributed by atoms with Gasteiger partial charge in [-0.15, -0.1) is 0 Å². The van der Waals surface area contributed by atoms with Crippen LogP contribution in [-0.4, -0.2) is 18.5 Å². The molecule has 0 N–H and O–H groups in total. The zero-order chi connectivity index (χ0) is 12.7. The standard InChI is InChI=1S/C15H30O2/c1-5-6-7-13(3)16-14(4)17-15-10-8-12(2)9-11-15/h12-15H,5-11H2,1-4H3. The van der Waals surface area contributed by atoms with E-state index in [-0.39, 0.29) is 6.29 Å². The Bertz CT molecular complexity index is 185. The fourth-order valence-corrected chi connectivity index (χ4v) is 2.56. The first-order valence-corrected chi connectivity index (χ1v) is 7.42. The van der Waals surface area contributed by atoms with Gasteiger partial charge in [-0.05, 0) is 51.9 Å². The van der Waals surface area contributed by atoms with Crippen LogP contribution in [0.1, 0.15) is 72.6 Å². The second-order valence-corrected chi connectivity index (χ2v) is 5.67. The Hall–Kier alpha value is -0.0800. The number of rotatable bonds is 7. The molecular formula is C15H30O2. The van der Waals surface area contributed by atoms with Crippen molar-refractivity contribution in [2.75, 3.05) is 0 Å². The Morgan fingerprint density at radius 3 is 2.35 bits per heavy atom. The average molecular weight is 242 g/mol. The maximum absolute atomic E-state index is 5.97. The van der Waals surface area contributed by atoms with Gasteiger partial charge in [0.2, 0.25) is 0 Å². The molecular weight excluding hydrogens is 212 g/mol. The van der Waals surface area contributed by atoms with E-state index in [0.29, 0.717) is 12.2 Å². The Morgan fingerprint density at radius 1 is 1.12 bits per heavy atom. The number of unbranched alkanes of at least 4 members (excludes halogenated alkanes) is 1. The van der Waals surface area contributed by atoms with Gasteiger partial charge in [0.05, 0.1) is 12.2 Å². The molecule has 1 saturated carbocycles. The van der Waals surface area contributed by atoms with Crippen LogP contribution in [0, 0.1) is 5.92 Å². The zero-order valence-electron chi connectivity index (χ0n) is 12.1. The van der Waals surface area contributed by atoms with Crippen molar-refractivity contribution >= 4 is 0 Å². The second-order valence-electron chi connectivity index (χ2n) is 5.67. The smallest absolute Gasteiger partial charge is 0.155 e. The monoisotopic (exact) mass is 242 g/mol. The van der Waals surface area contributed by atoms with E-state index in [1.165, 1.54) is 38.5 Å². The Kier molecular flexibility index (Phi) is 7.14. The number of hydrogen-bond donors (Lipinski definition) is 0. The van der Waals surface area contributed by atoms with E-state index < -0.39 is 0 Å². The number of hydrogen-bond acceptors (Lipinski definition) is 2. The van der Waals surface area contributed by atoms with Gasteiger partial charge in [-0.2, -0.15) is 0 Å². The summed E-state index contributed by atoms with van der Waals surface area (Å²) in [5, 5.41) is 0. The van der Waals surface area contributed by atoms with Crippen LogP contribution in [0.15, 0.2) is 0 Å². The molecule has 0 bridgehead atoms. The first kappa shape index (κ1) is 15.0. The lowest BCUT2D eigenvalue weighted by Crippen LogP contribution is -2.28. The molecule has 0 radical (unpaired) electrons. The molecule has 2 heteroatoms. The van der Waals surface area contributed by atoms with Crippen molar-refractivity contribution in [1.82, 2.24) is 0 Å². The van der Waals surface area contributed by atoms with Crippen molar-refractivity contribution in [3.63, 3.8) is 0 Å². The van der Waals surface area contributed by atoms with Crippen LogP contribution in [0.4, 0.5) is 0 Å². The van der Waals surface area contributed by atoms with E-state index in [4.69, 9.17) is 9.47 Å². The summed E-state index contributed by atoms with van der Waals surface area (Å²) < 4.78 is 11.8. The highest BCUT2D eigenvalue weighted by Gasteiger charge is 2.21. The fraction of sp³-hybridized carbons (Fsp3) is 1.00. The Morgan fingerprint density at radius 2 is 1.76 bits per heavy atom. The fourth-order valence-electron chi connectivity index (χ4n) is 2.56. The molecule has 0 aromatic heterocycles. The molecule has 1 rings (SSSR count). The predicted molar refractivity (Wildman–Crippen MR) is 72.0 cm³/mol. The maximum atomic E-state index is 5.97. The third-order valence-corrected chi connectivity index (χ3v) is 3.74. The molecule has 0 aromatic carbocycles. The van der Waals surface area contributed by atoms with E-state index in [1.54, 1.807) is 0 Å². The largest absolute Gasteiger partial charge is 0.350 e. The molecule has 1 aliphatic rings. The third-order valence-electron chi connectivity index (χ3n) is 3.74. The summed E-state index contributed by atoms with van der Waals surface area (Å²) in [6, 6.07) is 0. The summed E-state index contributed by atoms with van der Waals surface area (Å²) in [6.07, 6.45) is 9.37. The molecule has 1 fully saturated rings. The van der Waals surface area contributed by atoms with Crippen molar-refractivity contribution in [2.45, 2.75) is 91.1 Å². The lowest BCUT2D eigenvalue weighted by Gasteiger charge is -2.29. The second kappa shape index (κ2) is 8.10. The van der Waals surface area contributed by atoms with Gasteiger partial charge >= 0.3 is 0 Å². The highest BCUT2D eigenvalue weighted by molar-refractivity contribution is 4.70. The van der Waals surface area contributed by atoms with Crippen molar-refractivity contribution in [3.8, 4) is 0 Å². The van der Waals surface area contributed by atoms with E-state index in [1.807, 2.05) is 6.92 Å². The van der Waals surface area contributed by atoms with Crippen LogP contribution >= 0.6 is 0 Å². The molecule has 17 heavy (non-hydrogen) atoms. The molecule has 0 saturated heterocycles. The van der Waals surface area contributed by atoms with E-state index in [0.717, 1.165) is 12.3 Å². The first-order chi connectivity index (χ1) is 8.11. The minimum absolute atomic E-state index is 0.0414. The Balaban J connectivity index is 2.13. The SMILES string of the molecule is CCCCC(C)OC(C)OC1CCC(C)CC1. The van der Waals surface area contributed by atoms with Gasteiger partial charge in [0.25, 0.3) is 0 Å². The number of ether oxygens (including phenoxy) is 2. The summed E-state index contributed by atoms with van der Waals surface area (Å²) in [4.78, 5) is 0. The third kappa shape index (κ3) is 6.42. The van der Waals surface area contributed by atoms with Crippen LogP contribution in [0.25, 0.3) is 0 Å². The van der Waals surface area contributed by atoms with Gasteiger partial charge in [-0.25, -0.2) is 0 Å². The quantitative estimate of drug-likeness (QED) is 0.611. The van der Waals surface area contributed by atoms with E-state index >= 15 is 0 Å². The molecule has 0 aromatic rings. The summed E-state index contributed by atoms with van der Waals surface area (Å²) in [5.74, 6) is 0.884. The molecule has 0 aliphatic heterocycles. The molecule has 1 aliphatic carbocycles. The topological polar surface area (TPSA) is 18.5 Å². The molecule has 102 valence electrons. The minimum Gasteiger partial charge on any atom is -0.350 e. The minimum atomic E-state index is -0.0414. The summed E-state index contributed by atoms with van der Waals surface area (Å²) in [5.41, 5.74) is 0. The van der Waals surface area contributed by atoms with Crippen molar-refractivity contribution in [2.24, 2.45) is 5.92 Å². The summed E-state index contributed by atoms with van der Waals surface area (Å²) in [6.45, 7) is 8.75. The molecule has 0 heterocycles. The van der Waals surface area contributed by atoms with E-state index in [2.05, 4.69) is 20.8 Å². The Labute approximate surface area is 107 Å². The van der Waals surface area contributed by atoms with Gasteiger partial charge in [-0.1, -0.05) is 26.7 Å². The normalized spacial score (nSPS) is 28.9. The van der Waals surface area contributed by atoms with Crippen LogP contribution < -0.4 is 0 Å². The highest BCUT2D eigenvalue weighted by Crippen LogP contribution is 2.26. The van der Waals surface area contributed by atoms with Gasteiger partial charge in [-0.3, -0.25) is 0 Å². The first-order valence-electron chi connectivity index (χ1n) is 7.42. The van der Waals surface area contributed by atoms with Crippen LogP contribution in [0.5, 0.6) is 0 Å². The van der Waals surface area contributed by atoms with Gasteiger partial charge < -0.3 is 9.47 Å². The molecule has 2 unspecified atom stereocenters. The summed E-state index contributed by atoms with van der Waals surface area (Å²) in [7, 11) is 0. The lowest BCUT2D eigenvalue weighted by molar-refractivity contribution is -0.188. The van der Waals surface area contributed by atoms with Gasteiger partial charge in [0, 0.05) is 0 Å². The molecule has 0 amide bonds. The molecule has 0 spiro atoms. The van der Waals surface area contributed by atoms with E-state index in [9.17, 15) is 0 Å². The zero-order valence-corrected chi connectivity index (χ0v) is 12.1. The molecule has 2 atom stereocenters. The molecule has 2 nitrogen and oxygen atoms in total. The van der Waals surface area contributed by atoms with Crippen LogP contribution in [0.2, 0.25) is 0 Å². The average Bonchev–Trinajstić information content (AvgIpc) is 2.29. The van der Waals surface area contributed by atoms with Gasteiger partial charge in [0.1, 0.15) is 0 Å². The van der Waals surface area contributed by atoms with Crippen molar-refractivity contribution in [1.29, 1.82) is 0 Å². The predicted octanol–water partition coefficient (Wildman–Crippen LogP) is 4.52. The van der Waals surface area contributed by atoms with Crippen molar-refractivity contribution in [3.05, 3.63) is 0 Å². The van der Waals surface area contributed by atoms with Crippen LogP contribution in [0.3, 0.4) is 0 Å².